The number of urea groups is 1. The molecule has 0 aromatic heterocycles. The van der Waals surface area contributed by atoms with Crippen molar-refractivity contribution in [1.82, 2.24) is 15.8 Å². The van der Waals surface area contributed by atoms with E-state index in [0.29, 0.717) is 19.3 Å². The zero-order valence-corrected chi connectivity index (χ0v) is 12.1. The van der Waals surface area contributed by atoms with E-state index < -0.39 is 11.6 Å². The minimum atomic E-state index is -0.783. The molecular formula is C15H21N3O3. The SMILES string of the molecule is O=C(NN1C(=O)NC2(CCCCC2)C1=O)[C@H]1CC=CCC1. The molecule has 1 saturated carbocycles. The number of nitrogens with one attached hydrogen (secondary N) is 2. The molecule has 2 fully saturated rings. The van der Waals surface area contributed by atoms with Gasteiger partial charge in [-0.15, -0.1) is 0 Å². The van der Waals surface area contributed by atoms with Crippen LogP contribution < -0.4 is 10.7 Å². The fourth-order valence-corrected chi connectivity index (χ4v) is 3.45. The number of rotatable bonds is 2. The average Bonchev–Trinajstić information content (AvgIpc) is 2.73. The molecule has 0 aromatic rings. The first-order valence-corrected chi connectivity index (χ1v) is 7.75. The van der Waals surface area contributed by atoms with Crippen LogP contribution in [-0.2, 0) is 9.59 Å². The molecule has 6 heteroatoms. The second kappa shape index (κ2) is 5.50. The summed E-state index contributed by atoms with van der Waals surface area (Å²) < 4.78 is 0. The third-order valence-electron chi connectivity index (χ3n) is 4.73. The van der Waals surface area contributed by atoms with Gasteiger partial charge in [0.25, 0.3) is 5.91 Å². The number of imide groups is 1. The highest BCUT2D eigenvalue weighted by Crippen LogP contribution is 2.33. The highest BCUT2D eigenvalue weighted by Gasteiger charge is 2.52. The Labute approximate surface area is 123 Å². The lowest BCUT2D eigenvalue weighted by Gasteiger charge is -2.30. The topological polar surface area (TPSA) is 78.5 Å². The number of hydrogen-bond acceptors (Lipinski definition) is 3. The summed E-state index contributed by atoms with van der Waals surface area (Å²) in [4.78, 5) is 36.8. The number of hydrogen-bond donors (Lipinski definition) is 2. The van der Waals surface area contributed by atoms with Crippen LogP contribution in [0.5, 0.6) is 0 Å². The van der Waals surface area contributed by atoms with Crippen LogP contribution in [0.1, 0.15) is 51.4 Å². The molecule has 0 radical (unpaired) electrons. The molecule has 3 rings (SSSR count). The molecule has 0 unspecified atom stereocenters. The Morgan fingerprint density at radius 3 is 2.67 bits per heavy atom. The molecule has 114 valence electrons. The predicted molar refractivity (Wildman–Crippen MR) is 75.8 cm³/mol. The minimum Gasteiger partial charge on any atom is -0.322 e. The van der Waals surface area contributed by atoms with Crippen molar-refractivity contribution in [3.63, 3.8) is 0 Å². The summed E-state index contributed by atoms with van der Waals surface area (Å²) in [7, 11) is 0. The molecule has 4 amide bonds. The van der Waals surface area contributed by atoms with Crippen molar-refractivity contribution in [3.05, 3.63) is 12.2 Å². The van der Waals surface area contributed by atoms with E-state index in [4.69, 9.17) is 0 Å². The van der Waals surface area contributed by atoms with Gasteiger partial charge in [0.15, 0.2) is 0 Å². The monoisotopic (exact) mass is 291 g/mol. The van der Waals surface area contributed by atoms with Gasteiger partial charge in [-0.2, -0.15) is 5.01 Å². The summed E-state index contributed by atoms with van der Waals surface area (Å²) in [5.74, 6) is -0.693. The molecule has 6 nitrogen and oxygen atoms in total. The van der Waals surface area contributed by atoms with Gasteiger partial charge in [-0.25, -0.2) is 4.79 Å². The van der Waals surface area contributed by atoms with E-state index in [1.54, 1.807) is 0 Å². The summed E-state index contributed by atoms with van der Waals surface area (Å²) in [6.45, 7) is 0. The van der Waals surface area contributed by atoms with Crippen LogP contribution in [-0.4, -0.2) is 28.4 Å². The van der Waals surface area contributed by atoms with Crippen LogP contribution in [0, 0.1) is 5.92 Å². The molecule has 2 aliphatic carbocycles. The van der Waals surface area contributed by atoms with E-state index in [1.165, 1.54) is 0 Å². The summed E-state index contributed by atoms with van der Waals surface area (Å²) in [5, 5.41) is 3.68. The van der Waals surface area contributed by atoms with Gasteiger partial charge in [-0.1, -0.05) is 31.4 Å². The first-order valence-electron chi connectivity index (χ1n) is 7.75. The molecule has 0 bridgehead atoms. The molecule has 0 aromatic carbocycles. The maximum Gasteiger partial charge on any atom is 0.344 e. The fourth-order valence-electron chi connectivity index (χ4n) is 3.45. The second-order valence-electron chi connectivity index (χ2n) is 6.17. The Morgan fingerprint density at radius 2 is 2.00 bits per heavy atom. The molecule has 21 heavy (non-hydrogen) atoms. The van der Waals surface area contributed by atoms with Crippen LogP contribution in [0.15, 0.2) is 12.2 Å². The number of carbonyl (C=O) groups excluding carboxylic acids is 3. The Morgan fingerprint density at radius 1 is 1.24 bits per heavy atom. The summed E-state index contributed by atoms with van der Waals surface area (Å²) in [6.07, 6.45) is 10.6. The Bertz CT molecular complexity index is 494. The van der Waals surface area contributed by atoms with Gasteiger partial charge in [-0.3, -0.25) is 15.0 Å². The van der Waals surface area contributed by atoms with Crippen molar-refractivity contribution in [3.8, 4) is 0 Å². The summed E-state index contributed by atoms with van der Waals surface area (Å²) >= 11 is 0. The molecule has 1 aliphatic heterocycles. The van der Waals surface area contributed by atoms with Crippen LogP contribution in [0.2, 0.25) is 0 Å². The molecule has 1 atom stereocenters. The van der Waals surface area contributed by atoms with Crippen molar-refractivity contribution >= 4 is 17.8 Å². The molecule has 1 spiro atoms. The highest BCUT2D eigenvalue weighted by molar-refractivity contribution is 6.08. The van der Waals surface area contributed by atoms with Gasteiger partial charge in [0.1, 0.15) is 5.54 Å². The maximum absolute atomic E-state index is 12.5. The quantitative estimate of drug-likeness (QED) is 0.599. The van der Waals surface area contributed by atoms with Crippen molar-refractivity contribution in [2.75, 3.05) is 0 Å². The smallest absolute Gasteiger partial charge is 0.322 e. The lowest BCUT2D eigenvalue weighted by Crippen LogP contribution is -2.52. The maximum atomic E-state index is 12.5. The van der Waals surface area contributed by atoms with Gasteiger partial charge in [0.2, 0.25) is 5.91 Å². The second-order valence-corrected chi connectivity index (χ2v) is 6.17. The minimum absolute atomic E-state index is 0.154. The number of nitrogens with zero attached hydrogens (tertiary/aromatic N) is 1. The Balaban J connectivity index is 1.68. The predicted octanol–water partition coefficient (Wildman–Crippen LogP) is 1.63. The van der Waals surface area contributed by atoms with Crippen LogP contribution in [0.3, 0.4) is 0 Å². The number of amides is 4. The normalized spacial score (nSPS) is 27.8. The van der Waals surface area contributed by atoms with Gasteiger partial charge in [0, 0.05) is 5.92 Å². The summed E-state index contributed by atoms with van der Waals surface area (Å²) in [5.41, 5.74) is 1.74. The molecule has 2 N–H and O–H groups in total. The van der Waals surface area contributed by atoms with E-state index in [1.807, 2.05) is 6.08 Å². The average molecular weight is 291 g/mol. The number of allylic oxidation sites excluding steroid dienone is 2. The van der Waals surface area contributed by atoms with Gasteiger partial charge in [-0.05, 0) is 32.1 Å². The molecular weight excluding hydrogens is 270 g/mol. The van der Waals surface area contributed by atoms with Gasteiger partial charge >= 0.3 is 6.03 Å². The van der Waals surface area contributed by atoms with Crippen LogP contribution in [0.4, 0.5) is 4.79 Å². The van der Waals surface area contributed by atoms with Crippen LogP contribution in [0.25, 0.3) is 0 Å². The van der Waals surface area contributed by atoms with E-state index in [9.17, 15) is 14.4 Å². The Hall–Kier alpha value is -1.85. The molecule has 1 heterocycles. The van der Waals surface area contributed by atoms with Crippen LogP contribution >= 0.6 is 0 Å². The zero-order valence-electron chi connectivity index (χ0n) is 12.1. The van der Waals surface area contributed by atoms with Gasteiger partial charge in [0.05, 0.1) is 0 Å². The lowest BCUT2D eigenvalue weighted by atomic mass is 9.82. The molecule has 3 aliphatic rings. The highest BCUT2D eigenvalue weighted by atomic mass is 16.2. The third-order valence-corrected chi connectivity index (χ3v) is 4.73. The van der Waals surface area contributed by atoms with Crippen molar-refractivity contribution in [2.24, 2.45) is 5.92 Å². The molecule has 1 saturated heterocycles. The zero-order chi connectivity index (χ0) is 14.9. The van der Waals surface area contributed by atoms with Crippen molar-refractivity contribution in [2.45, 2.75) is 56.9 Å². The number of hydrazine groups is 1. The lowest BCUT2D eigenvalue weighted by molar-refractivity contribution is -0.141. The largest absolute Gasteiger partial charge is 0.344 e. The third kappa shape index (κ3) is 2.54. The van der Waals surface area contributed by atoms with E-state index in [0.717, 1.165) is 37.1 Å². The van der Waals surface area contributed by atoms with Gasteiger partial charge < -0.3 is 5.32 Å². The first kappa shape index (κ1) is 14.1. The first-order chi connectivity index (χ1) is 10.1. The Kier molecular flexibility index (Phi) is 3.69. The standard InChI is InChI=1S/C15H21N3O3/c19-12(11-7-3-1-4-8-11)17-18-13(20)15(16-14(18)21)9-5-2-6-10-15/h1,3,11H,2,4-10H2,(H,16,21)(H,17,19)/t11-/m0/s1. The van der Waals surface area contributed by atoms with E-state index in [-0.39, 0.29) is 17.7 Å². The number of carbonyl (C=O) groups is 3. The van der Waals surface area contributed by atoms with Crippen molar-refractivity contribution < 1.29 is 14.4 Å². The van der Waals surface area contributed by atoms with Crippen molar-refractivity contribution in [1.29, 1.82) is 0 Å². The fraction of sp³-hybridized carbons (Fsp3) is 0.667. The van der Waals surface area contributed by atoms with E-state index >= 15 is 0 Å². The summed E-state index contributed by atoms with van der Waals surface area (Å²) in [6, 6.07) is -0.499. The van der Waals surface area contributed by atoms with E-state index in [2.05, 4.69) is 16.8 Å².